The average Bonchev–Trinajstić information content (AvgIpc) is 3.10. The number of thiophene rings is 1. The SMILES string of the molecule is CCc1cc(C(=O)N/N=C2/C[C@H]3CC[C@@H]2C3)cs1. The molecule has 2 aliphatic rings. The second kappa shape index (κ2) is 4.84. The minimum atomic E-state index is -0.0683. The summed E-state index contributed by atoms with van der Waals surface area (Å²) < 4.78 is 0. The van der Waals surface area contributed by atoms with Gasteiger partial charge in [-0.3, -0.25) is 4.79 Å². The van der Waals surface area contributed by atoms with Crippen LogP contribution < -0.4 is 5.43 Å². The Morgan fingerprint density at radius 3 is 3.06 bits per heavy atom. The summed E-state index contributed by atoms with van der Waals surface area (Å²) in [5.41, 5.74) is 4.67. The number of aryl methyl sites for hydroxylation is 1. The van der Waals surface area contributed by atoms with Crippen molar-refractivity contribution in [3.05, 3.63) is 21.9 Å². The number of amides is 1. The van der Waals surface area contributed by atoms with E-state index in [0.29, 0.717) is 5.92 Å². The number of hydrogen-bond acceptors (Lipinski definition) is 3. The summed E-state index contributed by atoms with van der Waals surface area (Å²) in [7, 11) is 0. The first kappa shape index (κ1) is 11.9. The molecule has 2 fully saturated rings. The molecule has 3 nitrogen and oxygen atoms in total. The molecular formula is C14H18N2OS. The Labute approximate surface area is 111 Å². The summed E-state index contributed by atoms with van der Waals surface area (Å²) in [6.07, 6.45) is 5.97. The highest BCUT2D eigenvalue weighted by Gasteiger charge is 2.36. The Morgan fingerprint density at radius 2 is 2.44 bits per heavy atom. The molecule has 0 saturated heterocycles. The molecule has 2 bridgehead atoms. The van der Waals surface area contributed by atoms with Gasteiger partial charge in [0.1, 0.15) is 0 Å². The van der Waals surface area contributed by atoms with Crippen LogP contribution >= 0.6 is 11.3 Å². The number of carbonyl (C=O) groups excluding carboxylic acids is 1. The molecule has 2 aliphatic carbocycles. The third-order valence-corrected chi connectivity index (χ3v) is 5.16. The van der Waals surface area contributed by atoms with Gasteiger partial charge in [0.15, 0.2) is 0 Å². The number of fused-ring (bicyclic) bond motifs is 2. The molecule has 1 aromatic heterocycles. The van der Waals surface area contributed by atoms with Crippen LogP contribution in [0.5, 0.6) is 0 Å². The summed E-state index contributed by atoms with van der Waals surface area (Å²) in [6.45, 7) is 2.10. The first-order valence-electron chi connectivity index (χ1n) is 6.70. The minimum absolute atomic E-state index is 0.0683. The Balaban J connectivity index is 1.63. The van der Waals surface area contributed by atoms with Gasteiger partial charge in [0.05, 0.1) is 5.56 Å². The van der Waals surface area contributed by atoms with Crippen molar-refractivity contribution in [3.63, 3.8) is 0 Å². The lowest BCUT2D eigenvalue weighted by Crippen LogP contribution is -2.21. The number of nitrogens with one attached hydrogen (secondary N) is 1. The third-order valence-electron chi connectivity index (χ3n) is 4.08. The van der Waals surface area contributed by atoms with Gasteiger partial charge in [0.25, 0.3) is 5.91 Å². The fraction of sp³-hybridized carbons (Fsp3) is 0.571. The van der Waals surface area contributed by atoms with Gasteiger partial charge in [0, 0.05) is 16.0 Å². The molecule has 96 valence electrons. The zero-order valence-electron chi connectivity index (χ0n) is 10.6. The normalized spacial score (nSPS) is 27.9. The second-order valence-electron chi connectivity index (χ2n) is 5.28. The van der Waals surface area contributed by atoms with E-state index in [-0.39, 0.29) is 5.91 Å². The zero-order valence-corrected chi connectivity index (χ0v) is 11.4. The van der Waals surface area contributed by atoms with E-state index >= 15 is 0 Å². The standard InChI is InChI=1S/C14H18N2OS/c1-2-12-7-11(8-18-12)14(17)16-15-13-6-9-3-4-10(13)5-9/h7-10H,2-6H2,1H3,(H,16,17)/b15-13-/t9-,10+/m0/s1. The van der Waals surface area contributed by atoms with Gasteiger partial charge in [0.2, 0.25) is 0 Å². The summed E-state index contributed by atoms with van der Waals surface area (Å²) in [5.74, 6) is 1.41. The summed E-state index contributed by atoms with van der Waals surface area (Å²) in [6, 6.07) is 1.96. The van der Waals surface area contributed by atoms with Gasteiger partial charge in [-0.1, -0.05) is 6.92 Å². The van der Waals surface area contributed by atoms with Crippen LogP contribution in [0.4, 0.5) is 0 Å². The van der Waals surface area contributed by atoms with Crippen LogP contribution in [-0.4, -0.2) is 11.6 Å². The molecular weight excluding hydrogens is 244 g/mol. The lowest BCUT2D eigenvalue weighted by Gasteiger charge is -2.11. The molecule has 0 aliphatic heterocycles. The second-order valence-corrected chi connectivity index (χ2v) is 6.28. The highest BCUT2D eigenvalue weighted by atomic mass is 32.1. The van der Waals surface area contributed by atoms with Crippen LogP contribution in [-0.2, 0) is 6.42 Å². The summed E-state index contributed by atoms with van der Waals surface area (Å²) in [4.78, 5) is 13.2. The highest BCUT2D eigenvalue weighted by Crippen LogP contribution is 2.42. The molecule has 0 aromatic carbocycles. The van der Waals surface area contributed by atoms with Crippen molar-refractivity contribution in [2.45, 2.75) is 39.0 Å². The van der Waals surface area contributed by atoms with Crippen LogP contribution in [0.25, 0.3) is 0 Å². The predicted octanol–water partition coefficient (Wildman–Crippen LogP) is 3.22. The van der Waals surface area contributed by atoms with Crippen molar-refractivity contribution in [2.75, 3.05) is 0 Å². The van der Waals surface area contributed by atoms with Gasteiger partial charge in [-0.25, -0.2) is 5.43 Å². The Morgan fingerprint density at radius 1 is 1.56 bits per heavy atom. The molecule has 1 amide bonds. The number of hydrazone groups is 1. The van der Waals surface area contributed by atoms with E-state index in [4.69, 9.17) is 0 Å². The van der Waals surface area contributed by atoms with Gasteiger partial charge < -0.3 is 0 Å². The molecule has 1 heterocycles. The molecule has 2 atom stereocenters. The van der Waals surface area contributed by atoms with E-state index in [1.54, 1.807) is 11.3 Å². The van der Waals surface area contributed by atoms with Crippen molar-refractivity contribution in [3.8, 4) is 0 Å². The van der Waals surface area contributed by atoms with Gasteiger partial charge in [-0.2, -0.15) is 5.10 Å². The predicted molar refractivity (Wildman–Crippen MR) is 74.0 cm³/mol. The maximum atomic E-state index is 11.9. The minimum Gasteiger partial charge on any atom is -0.267 e. The average molecular weight is 262 g/mol. The van der Waals surface area contributed by atoms with Crippen molar-refractivity contribution < 1.29 is 4.79 Å². The number of rotatable bonds is 3. The van der Waals surface area contributed by atoms with E-state index in [9.17, 15) is 4.79 Å². The monoisotopic (exact) mass is 262 g/mol. The van der Waals surface area contributed by atoms with E-state index in [2.05, 4.69) is 17.5 Å². The van der Waals surface area contributed by atoms with Crippen LogP contribution in [0.2, 0.25) is 0 Å². The van der Waals surface area contributed by atoms with E-state index in [1.807, 2.05) is 11.4 Å². The van der Waals surface area contributed by atoms with Crippen molar-refractivity contribution in [2.24, 2.45) is 16.9 Å². The molecule has 4 heteroatoms. The number of hydrogen-bond donors (Lipinski definition) is 1. The summed E-state index contributed by atoms with van der Waals surface area (Å²) >= 11 is 1.64. The maximum absolute atomic E-state index is 11.9. The first-order chi connectivity index (χ1) is 8.76. The van der Waals surface area contributed by atoms with Crippen LogP contribution in [0, 0.1) is 11.8 Å². The lowest BCUT2D eigenvalue weighted by atomic mass is 9.99. The molecule has 1 aromatic rings. The van der Waals surface area contributed by atoms with Crippen LogP contribution in [0.3, 0.4) is 0 Å². The number of carbonyl (C=O) groups is 1. The molecule has 0 unspecified atom stereocenters. The lowest BCUT2D eigenvalue weighted by molar-refractivity contribution is 0.0955. The van der Waals surface area contributed by atoms with Crippen molar-refractivity contribution >= 4 is 23.0 Å². The highest BCUT2D eigenvalue weighted by molar-refractivity contribution is 7.10. The Bertz CT molecular complexity index is 492. The maximum Gasteiger partial charge on any atom is 0.272 e. The van der Waals surface area contributed by atoms with Gasteiger partial charge in [-0.15, -0.1) is 11.3 Å². The number of nitrogens with zero attached hydrogens (tertiary/aromatic N) is 1. The zero-order chi connectivity index (χ0) is 12.5. The molecule has 3 rings (SSSR count). The Hall–Kier alpha value is -1.16. The van der Waals surface area contributed by atoms with Gasteiger partial charge in [-0.05, 0) is 50.0 Å². The molecule has 0 radical (unpaired) electrons. The fourth-order valence-electron chi connectivity index (χ4n) is 3.03. The van der Waals surface area contributed by atoms with Crippen LogP contribution in [0.15, 0.2) is 16.5 Å². The third kappa shape index (κ3) is 2.21. The largest absolute Gasteiger partial charge is 0.272 e. The van der Waals surface area contributed by atoms with Crippen molar-refractivity contribution in [1.29, 1.82) is 0 Å². The van der Waals surface area contributed by atoms with E-state index < -0.39 is 0 Å². The fourth-order valence-corrected chi connectivity index (χ4v) is 3.85. The topological polar surface area (TPSA) is 41.5 Å². The van der Waals surface area contributed by atoms with E-state index in [0.717, 1.165) is 24.3 Å². The Kier molecular flexibility index (Phi) is 3.20. The molecule has 18 heavy (non-hydrogen) atoms. The van der Waals surface area contributed by atoms with Crippen molar-refractivity contribution in [1.82, 2.24) is 5.43 Å². The van der Waals surface area contributed by atoms with Gasteiger partial charge >= 0.3 is 0 Å². The van der Waals surface area contributed by atoms with E-state index in [1.165, 1.54) is 29.9 Å². The smallest absolute Gasteiger partial charge is 0.267 e. The molecule has 1 N–H and O–H groups in total. The summed E-state index contributed by atoms with van der Waals surface area (Å²) in [5, 5.41) is 6.25. The quantitative estimate of drug-likeness (QED) is 0.835. The molecule has 0 spiro atoms. The first-order valence-corrected chi connectivity index (χ1v) is 7.58. The van der Waals surface area contributed by atoms with Crippen LogP contribution in [0.1, 0.15) is 47.8 Å². The molecule has 2 saturated carbocycles.